The van der Waals surface area contributed by atoms with E-state index in [-0.39, 0.29) is 12.2 Å². The van der Waals surface area contributed by atoms with Crippen LogP contribution >= 0.6 is 0 Å². The summed E-state index contributed by atoms with van der Waals surface area (Å²) in [6.45, 7) is 5.05. The Hall–Kier alpha value is -2.08. The van der Waals surface area contributed by atoms with Crippen LogP contribution in [-0.4, -0.2) is 35.3 Å². The van der Waals surface area contributed by atoms with Crippen LogP contribution < -0.4 is 5.73 Å². The molecule has 0 bridgehead atoms. The Kier molecular flexibility index (Phi) is 4.96. The number of esters is 2. The van der Waals surface area contributed by atoms with Crippen LogP contribution in [0.4, 0.5) is 0 Å². The van der Waals surface area contributed by atoms with Crippen molar-refractivity contribution >= 4 is 11.9 Å². The minimum absolute atomic E-state index is 0.0803. The summed E-state index contributed by atoms with van der Waals surface area (Å²) in [4.78, 5) is 24.2. The van der Waals surface area contributed by atoms with Gasteiger partial charge in [0.2, 0.25) is 5.54 Å². The van der Waals surface area contributed by atoms with Crippen LogP contribution in [0.5, 0.6) is 5.75 Å². The van der Waals surface area contributed by atoms with Crippen molar-refractivity contribution in [1.82, 2.24) is 0 Å². The molecule has 6 heteroatoms. The average molecular weight is 295 g/mol. The summed E-state index contributed by atoms with van der Waals surface area (Å²) >= 11 is 0. The number of phenolic OH excluding ortho intramolecular Hbond substituents is 1. The lowest BCUT2D eigenvalue weighted by atomic mass is 9.91. The summed E-state index contributed by atoms with van der Waals surface area (Å²) < 4.78 is 9.84. The molecule has 0 radical (unpaired) electrons. The van der Waals surface area contributed by atoms with E-state index < -0.39 is 23.1 Å². The molecule has 1 atom stereocenters. The number of benzene rings is 1. The van der Waals surface area contributed by atoms with Gasteiger partial charge in [-0.05, 0) is 38.5 Å². The van der Waals surface area contributed by atoms with Crippen molar-refractivity contribution in [3.63, 3.8) is 0 Å². The second-order valence-electron chi connectivity index (χ2n) is 5.81. The summed E-state index contributed by atoms with van der Waals surface area (Å²) in [6, 6.07) is 6.04. The van der Waals surface area contributed by atoms with E-state index in [1.165, 1.54) is 12.1 Å². The molecule has 116 valence electrons. The minimum Gasteiger partial charge on any atom is -0.508 e. The fourth-order valence-electron chi connectivity index (χ4n) is 1.71. The van der Waals surface area contributed by atoms with Crippen molar-refractivity contribution in [1.29, 1.82) is 0 Å². The van der Waals surface area contributed by atoms with Crippen molar-refractivity contribution in [2.75, 3.05) is 7.11 Å². The van der Waals surface area contributed by atoms with E-state index in [2.05, 4.69) is 4.74 Å². The second kappa shape index (κ2) is 6.13. The number of nitrogens with two attached hydrogens (primary N) is 1. The van der Waals surface area contributed by atoms with Crippen molar-refractivity contribution < 1.29 is 24.2 Å². The number of rotatable bonds is 4. The number of phenols is 1. The first-order valence-electron chi connectivity index (χ1n) is 6.47. The van der Waals surface area contributed by atoms with Crippen molar-refractivity contribution in [3.8, 4) is 5.75 Å². The van der Waals surface area contributed by atoms with E-state index in [0.717, 1.165) is 7.11 Å². The Labute approximate surface area is 123 Å². The molecule has 6 nitrogen and oxygen atoms in total. The number of carbonyl (C=O) groups excluding carboxylic acids is 2. The molecule has 0 amide bonds. The lowest BCUT2D eigenvalue weighted by molar-refractivity contribution is -0.170. The molecule has 0 saturated heterocycles. The SMILES string of the molecule is COC(=O)[C@](N)(Cc1ccc(O)cc1)C(=O)OC(C)(C)C. The number of hydrogen-bond donors (Lipinski definition) is 2. The molecular formula is C15H21NO5. The Balaban J connectivity index is 3.06. The Morgan fingerprint density at radius 1 is 1.14 bits per heavy atom. The monoisotopic (exact) mass is 295 g/mol. The van der Waals surface area contributed by atoms with Gasteiger partial charge in [0.1, 0.15) is 11.4 Å². The summed E-state index contributed by atoms with van der Waals surface area (Å²) in [7, 11) is 1.16. The molecule has 1 rings (SSSR count). The van der Waals surface area contributed by atoms with Crippen LogP contribution in [-0.2, 0) is 25.5 Å². The zero-order valence-corrected chi connectivity index (χ0v) is 12.7. The van der Waals surface area contributed by atoms with Crippen LogP contribution in [0.15, 0.2) is 24.3 Å². The Morgan fingerprint density at radius 3 is 2.10 bits per heavy atom. The molecule has 0 fully saturated rings. The van der Waals surface area contributed by atoms with Crippen LogP contribution in [0.3, 0.4) is 0 Å². The predicted molar refractivity (Wildman–Crippen MR) is 76.6 cm³/mol. The van der Waals surface area contributed by atoms with Gasteiger partial charge in [-0.2, -0.15) is 0 Å². The number of ether oxygens (including phenoxy) is 2. The fraction of sp³-hybridized carbons (Fsp3) is 0.467. The molecule has 0 aliphatic rings. The number of carbonyl (C=O) groups is 2. The van der Waals surface area contributed by atoms with Gasteiger partial charge in [-0.25, -0.2) is 9.59 Å². The van der Waals surface area contributed by atoms with Gasteiger partial charge in [-0.3, -0.25) is 0 Å². The van der Waals surface area contributed by atoms with Gasteiger partial charge in [0.25, 0.3) is 0 Å². The number of aromatic hydroxyl groups is 1. The number of methoxy groups -OCH3 is 1. The third kappa shape index (κ3) is 4.46. The zero-order chi connectivity index (χ0) is 16.3. The Morgan fingerprint density at radius 2 is 1.67 bits per heavy atom. The quantitative estimate of drug-likeness (QED) is 0.638. The average Bonchev–Trinajstić information content (AvgIpc) is 2.38. The first-order chi connectivity index (χ1) is 9.58. The van der Waals surface area contributed by atoms with Gasteiger partial charge in [0.05, 0.1) is 7.11 Å². The molecular weight excluding hydrogens is 274 g/mol. The molecule has 0 heterocycles. The third-order valence-corrected chi connectivity index (χ3v) is 2.73. The summed E-state index contributed by atoms with van der Waals surface area (Å²) in [5, 5.41) is 9.26. The van der Waals surface area contributed by atoms with Crippen molar-refractivity contribution in [2.24, 2.45) is 5.73 Å². The minimum atomic E-state index is -1.93. The lowest BCUT2D eigenvalue weighted by Gasteiger charge is -2.29. The summed E-state index contributed by atoms with van der Waals surface area (Å²) in [6.07, 6.45) is -0.0884. The maximum atomic E-state index is 12.3. The second-order valence-corrected chi connectivity index (χ2v) is 5.81. The van der Waals surface area contributed by atoms with Gasteiger partial charge in [-0.1, -0.05) is 12.1 Å². The molecule has 0 saturated carbocycles. The molecule has 0 aromatic heterocycles. The standard InChI is InChI=1S/C15H21NO5/c1-14(2,3)21-13(19)15(16,12(18)20-4)9-10-5-7-11(17)8-6-10/h5-8,17H,9,16H2,1-4H3/t15-/m1/s1. The maximum Gasteiger partial charge on any atom is 0.338 e. The lowest BCUT2D eigenvalue weighted by Crippen LogP contribution is -2.59. The highest BCUT2D eigenvalue weighted by molar-refractivity contribution is 6.05. The Bertz CT molecular complexity index is 518. The molecule has 21 heavy (non-hydrogen) atoms. The molecule has 0 unspecified atom stereocenters. The van der Waals surface area contributed by atoms with Gasteiger partial charge in [-0.15, -0.1) is 0 Å². The molecule has 0 spiro atoms. The van der Waals surface area contributed by atoms with Crippen LogP contribution in [0.2, 0.25) is 0 Å². The van der Waals surface area contributed by atoms with E-state index in [4.69, 9.17) is 10.5 Å². The van der Waals surface area contributed by atoms with Gasteiger partial charge < -0.3 is 20.3 Å². The van der Waals surface area contributed by atoms with E-state index >= 15 is 0 Å². The van der Waals surface area contributed by atoms with Crippen molar-refractivity contribution in [2.45, 2.75) is 38.3 Å². The first kappa shape index (κ1) is 17.0. The van der Waals surface area contributed by atoms with E-state index in [0.29, 0.717) is 5.56 Å². The van der Waals surface area contributed by atoms with E-state index in [1.807, 2.05) is 0 Å². The number of hydrogen-bond acceptors (Lipinski definition) is 6. The summed E-state index contributed by atoms with van der Waals surface area (Å²) in [5.41, 5.74) is 3.86. The van der Waals surface area contributed by atoms with Gasteiger partial charge in [0, 0.05) is 6.42 Å². The molecule has 0 aliphatic carbocycles. The van der Waals surface area contributed by atoms with Gasteiger partial charge >= 0.3 is 11.9 Å². The fourth-order valence-corrected chi connectivity index (χ4v) is 1.71. The normalized spacial score (nSPS) is 14.1. The highest BCUT2D eigenvalue weighted by atomic mass is 16.6. The third-order valence-electron chi connectivity index (χ3n) is 2.73. The van der Waals surface area contributed by atoms with Crippen molar-refractivity contribution in [3.05, 3.63) is 29.8 Å². The van der Waals surface area contributed by atoms with Gasteiger partial charge in [0.15, 0.2) is 0 Å². The predicted octanol–water partition coefficient (Wildman–Crippen LogP) is 1.15. The molecule has 0 aliphatic heterocycles. The highest BCUT2D eigenvalue weighted by Gasteiger charge is 2.46. The molecule has 1 aromatic carbocycles. The molecule has 3 N–H and O–H groups in total. The zero-order valence-electron chi connectivity index (χ0n) is 12.7. The first-order valence-corrected chi connectivity index (χ1v) is 6.47. The van der Waals surface area contributed by atoms with E-state index in [9.17, 15) is 14.7 Å². The van der Waals surface area contributed by atoms with Crippen LogP contribution in [0, 0.1) is 0 Å². The largest absolute Gasteiger partial charge is 0.508 e. The summed E-state index contributed by atoms with van der Waals surface area (Å²) in [5.74, 6) is -1.64. The van der Waals surface area contributed by atoms with Crippen LogP contribution in [0.1, 0.15) is 26.3 Å². The molecule has 1 aromatic rings. The smallest absolute Gasteiger partial charge is 0.338 e. The van der Waals surface area contributed by atoms with E-state index in [1.54, 1.807) is 32.9 Å². The highest BCUT2D eigenvalue weighted by Crippen LogP contribution is 2.20. The topological polar surface area (TPSA) is 98.9 Å². The van der Waals surface area contributed by atoms with Crippen LogP contribution in [0.25, 0.3) is 0 Å². The maximum absolute atomic E-state index is 12.3.